The number of allylic oxidation sites excluding steroid dienone is 1. The highest BCUT2D eigenvalue weighted by molar-refractivity contribution is 5.82. The summed E-state index contributed by atoms with van der Waals surface area (Å²) in [6.07, 6.45) is 9.27. The smallest absolute Gasteiger partial charge is 0.138 e. The lowest BCUT2D eigenvalue weighted by atomic mass is 9.90. The number of nitrogens with zero attached hydrogens (tertiary/aromatic N) is 3. The second kappa shape index (κ2) is 9.93. The largest absolute Gasteiger partial charge is 0.312 e. The number of benzene rings is 1. The van der Waals surface area contributed by atoms with Crippen LogP contribution in [-0.2, 0) is 17.6 Å². The van der Waals surface area contributed by atoms with Crippen molar-refractivity contribution in [1.82, 2.24) is 14.8 Å². The number of hydrogen-bond acceptors (Lipinski definition) is 3. The van der Waals surface area contributed by atoms with E-state index in [1.165, 1.54) is 30.4 Å². The lowest BCUT2D eigenvalue weighted by Crippen LogP contribution is -2.15. The van der Waals surface area contributed by atoms with Gasteiger partial charge in [-0.3, -0.25) is 4.79 Å². The van der Waals surface area contributed by atoms with E-state index < -0.39 is 0 Å². The Bertz CT molecular complexity index is 915. The second-order valence-electron chi connectivity index (χ2n) is 10.6. The standard InChI is InChI=1S/C27H39N3O/c1-7-9-22(18-24(31)17-21-12-11-19(2)16-20(21)3)26-29-28-25(30(26)23-13-14-23)10-8-15-27(4,5)6/h7,11-12,16,22-23H,1,8-10,13-15,17-18H2,2-6H3/t22-/m1/s1. The van der Waals surface area contributed by atoms with Gasteiger partial charge in [-0.15, -0.1) is 16.8 Å². The Hall–Kier alpha value is -2.23. The summed E-state index contributed by atoms with van der Waals surface area (Å²) in [4.78, 5) is 13.0. The summed E-state index contributed by atoms with van der Waals surface area (Å²) in [5.41, 5.74) is 3.88. The van der Waals surface area contributed by atoms with Gasteiger partial charge in [0.15, 0.2) is 0 Å². The van der Waals surface area contributed by atoms with Gasteiger partial charge in [-0.1, -0.05) is 50.6 Å². The molecule has 4 heteroatoms. The molecular formula is C27H39N3O. The van der Waals surface area contributed by atoms with Crippen LogP contribution < -0.4 is 0 Å². The lowest BCUT2D eigenvalue weighted by Gasteiger charge is -2.19. The number of hydrogen-bond donors (Lipinski definition) is 0. The Balaban J connectivity index is 1.74. The van der Waals surface area contributed by atoms with Crippen molar-refractivity contribution < 1.29 is 4.79 Å². The number of Topliss-reactive ketones (excluding diaryl/α,β-unsaturated/α-hetero) is 1. The highest BCUT2D eigenvalue weighted by Gasteiger charge is 2.32. The lowest BCUT2D eigenvalue weighted by molar-refractivity contribution is -0.118. The van der Waals surface area contributed by atoms with Gasteiger partial charge in [-0.25, -0.2) is 0 Å². The van der Waals surface area contributed by atoms with Crippen molar-refractivity contribution in [2.24, 2.45) is 5.41 Å². The van der Waals surface area contributed by atoms with Crippen LogP contribution in [0.4, 0.5) is 0 Å². The van der Waals surface area contributed by atoms with Gasteiger partial charge in [-0.2, -0.15) is 0 Å². The van der Waals surface area contributed by atoms with Gasteiger partial charge < -0.3 is 4.57 Å². The van der Waals surface area contributed by atoms with Gasteiger partial charge in [0.1, 0.15) is 17.4 Å². The van der Waals surface area contributed by atoms with E-state index in [9.17, 15) is 4.79 Å². The molecule has 2 aromatic rings. The van der Waals surface area contributed by atoms with Crippen LogP contribution in [-0.4, -0.2) is 20.5 Å². The zero-order valence-electron chi connectivity index (χ0n) is 20.1. The molecule has 1 saturated carbocycles. The van der Waals surface area contributed by atoms with E-state index in [4.69, 9.17) is 0 Å². The number of aryl methyl sites for hydroxylation is 3. The molecule has 0 amide bonds. The van der Waals surface area contributed by atoms with Gasteiger partial charge in [0.25, 0.3) is 0 Å². The Morgan fingerprint density at radius 2 is 2.00 bits per heavy atom. The van der Waals surface area contributed by atoms with Crippen molar-refractivity contribution in [2.75, 3.05) is 0 Å². The maximum Gasteiger partial charge on any atom is 0.138 e. The summed E-state index contributed by atoms with van der Waals surface area (Å²) >= 11 is 0. The van der Waals surface area contributed by atoms with Crippen LogP contribution in [0.2, 0.25) is 0 Å². The zero-order valence-corrected chi connectivity index (χ0v) is 20.1. The van der Waals surface area contributed by atoms with Crippen molar-refractivity contribution >= 4 is 5.78 Å². The molecule has 1 aromatic carbocycles. The maximum atomic E-state index is 13.0. The molecule has 1 heterocycles. The van der Waals surface area contributed by atoms with E-state index in [0.29, 0.717) is 24.3 Å². The van der Waals surface area contributed by atoms with Crippen LogP contribution >= 0.6 is 0 Å². The van der Waals surface area contributed by atoms with E-state index in [-0.39, 0.29) is 11.7 Å². The molecule has 0 bridgehead atoms. The number of carbonyl (C=O) groups excluding carboxylic acids is 1. The maximum absolute atomic E-state index is 13.0. The van der Waals surface area contributed by atoms with Gasteiger partial charge in [-0.05, 0) is 62.5 Å². The summed E-state index contributed by atoms with van der Waals surface area (Å²) in [5, 5.41) is 9.20. The average molecular weight is 422 g/mol. The molecule has 31 heavy (non-hydrogen) atoms. The second-order valence-corrected chi connectivity index (χ2v) is 10.6. The molecular weight excluding hydrogens is 382 g/mol. The molecule has 0 unspecified atom stereocenters. The normalized spacial score (nSPS) is 15.1. The Kier molecular flexibility index (Phi) is 7.51. The van der Waals surface area contributed by atoms with Gasteiger partial charge in [0.05, 0.1) is 0 Å². The van der Waals surface area contributed by atoms with Crippen molar-refractivity contribution in [3.05, 3.63) is 59.2 Å². The molecule has 168 valence electrons. The number of aromatic nitrogens is 3. The topological polar surface area (TPSA) is 47.8 Å². The fraction of sp³-hybridized carbons (Fsp3) is 0.593. The van der Waals surface area contributed by atoms with Crippen molar-refractivity contribution in [3.8, 4) is 0 Å². The highest BCUT2D eigenvalue weighted by Crippen LogP contribution is 2.39. The van der Waals surface area contributed by atoms with Crippen LogP contribution in [0.25, 0.3) is 0 Å². The number of ketones is 1. The molecule has 1 fully saturated rings. The molecule has 0 saturated heterocycles. The minimum Gasteiger partial charge on any atom is -0.312 e. The first-order chi connectivity index (χ1) is 14.7. The minimum atomic E-state index is 0.0558. The molecule has 4 nitrogen and oxygen atoms in total. The first-order valence-electron chi connectivity index (χ1n) is 11.8. The Morgan fingerprint density at radius 3 is 2.61 bits per heavy atom. The molecule has 1 aromatic heterocycles. The van der Waals surface area contributed by atoms with E-state index in [1.807, 2.05) is 6.08 Å². The van der Waals surface area contributed by atoms with Gasteiger partial charge in [0, 0.05) is 31.2 Å². The molecule has 3 rings (SSSR count). The third-order valence-electron chi connectivity index (χ3n) is 6.21. The molecule has 0 spiro atoms. The van der Waals surface area contributed by atoms with Gasteiger partial charge >= 0.3 is 0 Å². The van der Waals surface area contributed by atoms with Gasteiger partial charge in [0.2, 0.25) is 0 Å². The summed E-state index contributed by atoms with van der Waals surface area (Å²) in [6, 6.07) is 6.84. The molecule has 0 aliphatic heterocycles. The highest BCUT2D eigenvalue weighted by atomic mass is 16.1. The monoisotopic (exact) mass is 421 g/mol. The molecule has 0 N–H and O–H groups in total. The predicted molar refractivity (Wildman–Crippen MR) is 127 cm³/mol. The Labute approximate surface area is 188 Å². The summed E-state index contributed by atoms with van der Waals surface area (Å²) in [5.74, 6) is 2.40. The quantitative estimate of drug-likeness (QED) is 0.391. The fourth-order valence-electron chi connectivity index (χ4n) is 4.38. The van der Waals surface area contributed by atoms with Crippen molar-refractivity contribution in [3.63, 3.8) is 0 Å². The SMILES string of the molecule is C=CC[C@H](CC(=O)Cc1ccc(C)cc1C)c1nnc(CCCC(C)(C)C)n1C1CC1. The summed E-state index contributed by atoms with van der Waals surface area (Å²) < 4.78 is 2.36. The fourth-order valence-corrected chi connectivity index (χ4v) is 4.38. The van der Waals surface area contributed by atoms with Crippen LogP contribution in [0, 0.1) is 19.3 Å². The van der Waals surface area contributed by atoms with E-state index in [0.717, 1.165) is 36.5 Å². The van der Waals surface area contributed by atoms with Crippen LogP contribution in [0.15, 0.2) is 30.9 Å². The van der Waals surface area contributed by atoms with Crippen molar-refractivity contribution in [2.45, 2.75) is 97.9 Å². The van der Waals surface area contributed by atoms with E-state index in [2.05, 4.69) is 74.2 Å². The number of rotatable bonds is 11. The van der Waals surface area contributed by atoms with E-state index in [1.54, 1.807) is 0 Å². The molecule has 1 aliphatic carbocycles. The third-order valence-corrected chi connectivity index (χ3v) is 6.21. The van der Waals surface area contributed by atoms with Crippen LogP contribution in [0.5, 0.6) is 0 Å². The Morgan fingerprint density at radius 1 is 1.26 bits per heavy atom. The number of carbonyl (C=O) groups is 1. The van der Waals surface area contributed by atoms with Crippen molar-refractivity contribution in [1.29, 1.82) is 0 Å². The predicted octanol–water partition coefficient (Wildman–Crippen LogP) is 6.46. The molecule has 1 aliphatic rings. The first-order valence-corrected chi connectivity index (χ1v) is 11.8. The van der Waals surface area contributed by atoms with E-state index >= 15 is 0 Å². The molecule has 0 radical (unpaired) electrons. The first kappa shape index (κ1) is 23.4. The third kappa shape index (κ3) is 6.62. The van der Waals surface area contributed by atoms with Crippen LogP contribution in [0.3, 0.4) is 0 Å². The summed E-state index contributed by atoms with van der Waals surface area (Å²) in [6.45, 7) is 15.0. The minimum absolute atomic E-state index is 0.0558. The average Bonchev–Trinajstić information content (AvgIpc) is 3.42. The van der Waals surface area contributed by atoms with Crippen LogP contribution in [0.1, 0.15) is 99.6 Å². The summed E-state index contributed by atoms with van der Waals surface area (Å²) in [7, 11) is 0. The molecule has 1 atom stereocenters. The zero-order chi connectivity index (χ0) is 22.6.